The molecule has 3 aliphatic heterocycles. The second kappa shape index (κ2) is 13.1. The van der Waals surface area contributed by atoms with Gasteiger partial charge in [-0.05, 0) is 38.0 Å². The van der Waals surface area contributed by atoms with Crippen molar-refractivity contribution < 1.29 is 43.2 Å². The topological polar surface area (TPSA) is 136 Å². The number of anilines is 1. The van der Waals surface area contributed by atoms with Crippen molar-refractivity contribution in [1.29, 1.82) is 0 Å². The molecule has 0 aliphatic carbocycles. The highest BCUT2D eigenvalue weighted by atomic mass is 35.5. The van der Waals surface area contributed by atoms with E-state index in [1.807, 2.05) is 32.1 Å². The Labute approximate surface area is 263 Å². The van der Waals surface area contributed by atoms with E-state index in [1.165, 1.54) is 19.1 Å². The third-order valence-corrected chi connectivity index (χ3v) is 9.06. The molecule has 0 aromatic heterocycles. The number of ether oxygens (including phenoxy) is 5. The van der Waals surface area contributed by atoms with Gasteiger partial charge in [0.15, 0.2) is 5.72 Å². The highest BCUT2D eigenvalue weighted by molar-refractivity contribution is 6.35. The summed E-state index contributed by atoms with van der Waals surface area (Å²) in [7, 11) is 4.56. The zero-order valence-corrected chi connectivity index (χ0v) is 27.3. The molecule has 2 saturated heterocycles. The first kappa shape index (κ1) is 33.8. The van der Waals surface area contributed by atoms with Gasteiger partial charge in [-0.3, -0.25) is 14.9 Å². The van der Waals surface area contributed by atoms with Crippen LogP contribution in [0.25, 0.3) is 0 Å². The van der Waals surface area contributed by atoms with E-state index < -0.39 is 59.6 Å². The van der Waals surface area contributed by atoms with Gasteiger partial charge in [0.2, 0.25) is 5.91 Å². The highest BCUT2D eigenvalue weighted by Crippen LogP contribution is 2.49. The number of fused-ring (bicyclic) bond motifs is 5. The molecule has 0 unspecified atom stereocenters. The molecule has 1 aromatic carbocycles. The van der Waals surface area contributed by atoms with Crippen molar-refractivity contribution in [2.75, 3.05) is 26.2 Å². The molecule has 4 rings (SSSR count). The number of esters is 1. The fourth-order valence-corrected chi connectivity index (χ4v) is 6.19. The van der Waals surface area contributed by atoms with E-state index in [9.17, 15) is 19.5 Å². The number of methoxy groups -OCH3 is 2. The van der Waals surface area contributed by atoms with Gasteiger partial charge in [-0.15, -0.1) is 0 Å². The number of carbonyl (C=O) groups is 3. The number of hydrogen-bond donors (Lipinski definition) is 2. The van der Waals surface area contributed by atoms with Gasteiger partial charge in [0.1, 0.15) is 34.7 Å². The van der Waals surface area contributed by atoms with Crippen LogP contribution in [0.3, 0.4) is 0 Å². The van der Waals surface area contributed by atoms with Crippen LogP contribution >= 0.6 is 11.6 Å². The molecule has 1 aromatic rings. The van der Waals surface area contributed by atoms with Crippen LogP contribution in [0, 0.1) is 11.8 Å². The molecule has 2 N–H and O–H groups in total. The zero-order chi connectivity index (χ0) is 32.6. The van der Waals surface area contributed by atoms with Crippen molar-refractivity contribution in [3.63, 3.8) is 0 Å². The van der Waals surface area contributed by atoms with Crippen LogP contribution < -0.4 is 15.0 Å². The number of halogens is 1. The summed E-state index contributed by atoms with van der Waals surface area (Å²) in [6.07, 6.45) is 1.65. The van der Waals surface area contributed by atoms with Gasteiger partial charge in [-0.25, -0.2) is 4.79 Å². The zero-order valence-electron chi connectivity index (χ0n) is 26.5. The quantitative estimate of drug-likeness (QED) is 0.366. The first-order valence-corrected chi connectivity index (χ1v) is 15.1. The normalized spacial score (nSPS) is 34.7. The second-order valence-electron chi connectivity index (χ2n) is 12.4. The SMILES string of the molecule is COc1cc2cc(c1Cl)N(C)C(=O)C[C@H](OC(=O)C(C)C)[C@]1(C)O[C@@H]1[C@H](C)[C@@H]1C[C@@](O)(NC(=O)O1)[C@H](OC)/C=C/C=C(/C)C2. The molecular formula is C32H43ClN2O9. The minimum atomic E-state index is -1.77. The number of hydrogen-bond acceptors (Lipinski definition) is 9. The maximum absolute atomic E-state index is 13.8. The van der Waals surface area contributed by atoms with Crippen molar-refractivity contribution in [1.82, 2.24) is 5.32 Å². The van der Waals surface area contributed by atoms with Crippen molar-refractivity contribution >= 4 is 35.3 Å². The van der Waals surface area contributed by atoms with E-state index in [-0.39, 0.29) is 23.8 Å². The highest BCUT2D eigenvalue weighted by Gasteiger charge is 2.64. The van der Waals surface area contributed by atoms with Crippen molar-refractivity contribution in [3.8, 4) is 5.75 Å². The first-order chi connectivity index (χ1) is 20.6. The summed E-state index contributed by atoms with van der Waals surface area (Å²) < 4.78 is 28.8. The van der Waals surface area contributed by atoms with Crippen molar-refractivity contribution in [3.05, 3.63) is 46.5 Å². The van der Waals surface area contributed by atoms with Crippen molar-refractivity contribution in [2.24, 2.45) is 11.8 Å². The summed E-state index contributed by atoms with van der Waals surface area (Å²) in [5.74, 6) is -1.30. The molecule has 44 heavy (non-hydrogen) atoms. The first-order valence-electron chi connectivity index (χ1n) is 14.7. The summed E-state index contributed by atoms with van der Waals surface area (Å²) in [4.78, 5) is 40.7. The Morgan fingerprint density at radius 3 is 2.59 bits per heavy atom. The molecule has 7 atom stereocenters. The number of carbonyl (C=O) groups excluding carboxylic acids is 3. The Kier molecular flexibility index (Phi) is 10.0. The number of nitrogens with zero attached hydrogens (tertiary/aromatic N) is 1. The molecule has 0 spiro atoms. The molecule has 3 heterocycles. The number of epoxide rings is 1. The molecule has 4 bridgehead atoms. The Morgan fingerprint density at radius 2 is 1.95 bits per heavy atom. The monoisotopic (exact) mass is 634 g/mol. The molecule has 2 amide bonds. The molecule has 0 saturated carbocycles. The maximum Gasteiger partial charge on any atom is 0.409 e. The number of rotatable bonds is 4. The van der Waals surface area contributed by atoms with Gasteiger partial charge in [-0.1, -0.05) is 56.2 Å². The third-order valence-electron chi connectivity index (χ3n) is 8.68. The largest absolute Gasteiger partial charge is 0.495 e. The van der Waals surface area contributed by atoms with Gasteiger partial charge < -0.3 is 33.7 Å². The van der Waals surface area contributed by atoms with Gasteiger partial charge in [0, 0.05) is 26.5 Å². The summed E-state index contributed by atoms with van der Waals surface area (Å²) in [5.41, 5.74) is -0.587. The van der Waals surface area contributed by atoms with Crippen LogP contribution in [0.2, 0.25) is 5.02 Å². The minimum Gasteiger partial charge on any atom is -0.495 e. The van der Waals surface area contributed by atoms with Crippen molar-refractivity contribution in [2.45, 2.75) is 89.6 Å². The predicted molar refractivity (Wildman–Crippen MR) is 164 cm³/mol. The Balaban J connectivity index is 1.80. The lowest BCUT2D eigenvalue weighted by Gasteiger charge is -2.42. The molecule has 12 heteroatoms. The average molecular weight is 635 g/mol. The third kappa shape index (κ3) is 6.91. The summed E-state index contributed by atoms with van der Waals surface area (Å²) in [5, 5.41) is 14.4. The number of alkyl carbamates (subject to hydrolysis) is 1. The van der Waals surface area contributed by atoms with Crippen LogP contribution in [0.1, 0.15) is 53.0 Å². The number of aliphatic hydroxyl groups is 1. The molecular weight excluding hydrogens is 592 g/mol. The lowest BCUT2D eigenvalue weighted by molar-refractivity contribution is -0.157. The number of amides is 2. The van der Waals surface area contributed by atoms with E-state index in [0.29, 0.717) is 17.9 Å². The summed E-state index contributed by atoms with van der Waals surface area (Å²) >= 11 is 6.68. The fourth-order valence-electron chi connectivity index (χ4n) is 5.88. The summed E-state index contributed by atoms with van der Waals surface area (Å²) in [6, 6.07) is 3.63. The number of benzene rings is 1. The van der Waals surface area contributed by atoms with Crippen LogP contribution in [0.4, 0.5) is 10.5 Å². The maximum atomic E-state index is 13.8. The Hall–Kier alpha value is -3.12. The van der Waals surface area contributed by atoms with Gasteiger partial charge in [0.05, 0.1) is 31.2 Å². The van der Waals surface area contributed by atoms with Crippen LogP contribution in [0.15, 0.2) is 35.9 Å². The molecule has 2 fully saturated rings. The summed E-state index contributed by atoms with van der Waals surface area (Å²) in [6.45, 7) is 8.95. The van der Waals surface area contributed by atoms with E-state index >= 15 is 0 Å². The van der Waals surface area contributed by atoms with E-state index in [4.69, 9.17) is 35.3 Å². The standard InChI is InChI=1S/C32H43ClN2O9/c1-17(2)29(37)43-25-15-26(36)35(6)21-13-20(14-22(40-7)27(21)33)12-18(3)10-9-11-24(41-8)32(39)16-23(42-30(38)34-32)19(4)28-31(25,5)44-28/h9-11,13-14,17,19,23-25,28,39H,12,15-16H2,1-8H3,(H,34,38)/b11-9+,18-10-/t19-,23+,24-,25+,28-,31+,32+/m1/s1. The molecule has 0 radical (unpaired) electrons. The lowest BCUT2D eigenvalue weighted by Crippen LogP contribution is -2.63. The fraction of sp³-hybridized carbons (Fsp3) is 0.594. The van der Waals surface area contributed by atoms with Gasteiger partial charge in [-0.2, -0.15) is 0 Å². The molecule has 3 aliphatic rings. The lowest BCUT2D eigenvalue weighted by atomic mass is 9.83. The van der Waals surface area contributed by atoms with E-state index in [2.05, 4.69) is 5.32 Å². The number of nitrogens with one attached hydrogen (secondary N) is 1. The number of allylic oxidation sites excluding steroid dienone is 3. The smallest absolute Gasteiger partial charge is 0.409 e. The predicted octanol–water partition coefficient (Wildman–Crippen LogP) is 4.32. The van der Waals surface area contributed by atoms with Crippen LogP contribution in [-0.4, -0.2) is 80.1 Å². The Morgan fingerprint density at radius 1 is 1.25 bits per heavy atom. The average Bonchev–Trinajstić information content (AvgIpc) is 3.66. The van der Waals surface area contributed by atoms with Crippen LogP contribution in [-0.2, 0) is 35.0 Å². The molecule has 11 nitrogen and oxygen atoms in total. The van der Waals surface area contributed by atoms with Gasteiger partial charge >= 0.3 is 12.1 Å². The molecule has 242 valence electrons. The van der Waals surface area contributed by atoms with E-state index in [1.54, 1.807) is 40.0 Å². The van der Waals surface area contributed by atoms with Gasteiger partial charge in [0.25, 0.3) is 0 Å². The van der Waals surface area contributed by atoms with Crippen LogP contribution in [0.5, 0.6) is 5.75 Å². The minimum absolute atomic E-state index is 0.00361. The second-order valence-corrected chi connectivity index (χ2v) is 12.8. The van der Waals surface area contributed by atoms with E-state index in [0.717, 1.165) is 11.1 Å². The Bertz CT molecular complexity index is 1350.